The fraction of sp³-hybridized carbons (Fsp3) is 0.400. The molecule has 1 aromatic heterocycles. The normalized spacial score (nSPS) is 17.2. The van der Waals surface area contributed by atoms with Gasteiger partial charge in [0.05, 0.1) is 10.7 Å². The van der Waals surface area contributed by atoms with Gasteiger partial charge in [0.25, 0.3) is 0 Å². The predicted octanol–water partition coefficient (Wildman–Crippen LogP) is 2.80. The van der Waals surface area contributed by atoms with Crippen LogP contribution < -0.4 is 10.1 Å². The Labute approximate surface area is 117 Å². The summed E-state index contributed by atoms with van der Waals surface area (Å²) in [4.78, 5) is 4.55. The largest absolute Gasteiger partial charge is 0.488 e. The second-order valence-corrected chi connectivity index (χ2v) is 5.71. The Bertz CT molecular complexity index is 528. The molecule has 19 heavy (non-hydrogen) atoms. The summed E-state index contributed by atoms with van der Waals surface area (Å²) in [6.45, 7) is 3.83. The van der Waals surface area contributed by atoms with Crippen LogP contribution in [0.4, 0.5) is 0 Å². The predicted molar refractivity (Wildman–Crippen MR) is 77.8 cm³/mol. The molecule has 0 fully saturated rings. The maximum Gasteiger partial charge on any atom is 0.123 e. The summed E-state index contributed by atoms with van der Waals surface area (Å²) in [6.07, 6.45) is 2.27. The molecule has 100 valence electrons. The molecule has 2 heterocycles. The Morgan fingerprint density at radius 2 is 2.32 bits per heavy atom. The maximum atomic E-state index is 5.89. The highest BCUT2D eigenvalue weighted by Crippen LogP contribution is 2.27. The van der Waals surface area contributed by atoms with Crippen LogP contribution in [0.2, 0.25) is 0 Å². The van der Waals surface area contributed by atoms with Crippen LogP contribution in [0, 0.1) is 0 Å². The molecule has 2 aromatic rings. The monoisotopic (exact) mass is 274 g/mol. The number of nitrogens with zero attached hydrogens (tertiary/aromatic N) is 1. The number of hydrogen-bond donors (Lipinski definition) is 1. The minimum absolute atomic E-state index is 0.252. The van der Waals surface area contributed by atoms with E-state index in [9.17, 15) is 0 Å². The van der Waals surface area contributed by atoms with Gasteiger partial charge in [0.15, 0.2) is 0 Å². The highest BCUT2D eigenvalue weighted by atomic mass is 32.1. The van der Waals surface area contributed by atoms with Crippen molar-refractivity contribution in [2.24, 2.45) is 0 Å². The van der Waals surface area contributed by atoms with Crippen LogP contribution in [-0.2, 0) is 19.4 Å². The summed E-state index contributed by atoms with van der Waals surface area (Å²) in [5.74, 6) is 1.04. The number of para-hydroxylation sites is 1. The summed E-state index contributed by atoms with van der Waals surface area (Å²) in [5.41, 5.74) is 2.45. The molecule has 4 heteroatoms. The minimum atomic E-state index is 0.252. The highest BCUT2D eigenvalue weighted by molar-refractivity contribution is 7.09. The van der Waals surface area contributed by atoms with Crippen molar-refractivity contribution in [1.82, 2.24) is 10.3 Å². The van der Waals surface area contributed by atoms with Crippen molar-refractivity contribution in [3.63, 3.8) is 0 Å². The third-order valence-corrected chi connectivity index (χ3v) is 4.34. The second-order valence-electron chi connectivity index (χ2n) is 4.77. The van der Waals surface area contributed by atoms with Gasteiger partial charge in [0.2, 0.25) is 0 Å². The van der Waals surface area contributed by atoms with Crippen LogP contribution >= 0.6 is 11.3 Å². The van der Waals surface area contributed by atoms with E-state index in [1.807, 2.05) is 12.1 Å². The van der Waals surface area contributed by atoms with Crippen molar-refractivity contribution in [2.75, 3.05) is 6.54 Å². The number of ether oxygens (including phenoxy) is 1. The van der Waals surface area contributed by atoms with Crippen molar-refractivity contribution in [3.05, 3.63) is 45.9 Å². The Morgan fingerprint density at radius 3 is 3.11 bits per heavy atom. The molecule has 0 saturated carbocycles. The van der Waals surface area contributed by atoms with E-state index in [4.69, 9.17) is 4.74 Å². The maximum absolute atomic E-state index is 5.89. The molecule has 1 unspecified atom stereocenters. The molecule has 1 aromatic carbocycles. The molecule has 0 aliphatic carbocycles. The molecule has 0 saturated heterocycles. The van der Waals surface area contributed by atoms with Gasteiger partial charge in [-0.25, -0.2) is 4.98 Å². The summed E-state index contributed by atoms with van der Waals surface area (Å²) < 4.78 is 5.89. The van der Waals surface area contributed by atoms with Crippen LogP contribution in [0.1, 0.15) is 23.2 Å². The van der Waals surface area contributed by atoms with Gasteiger partial charge in [0.1, 0.15) is 11.9 Å². The van der Waals surface area contributed by atoms with E-state index in [1.54, 1.807) is 11.3 Å². The van der Waals surface area contributed by atoms with Gasteiger partial charge < -0.3 is 10.1 Å². The zero-order valence-electron chi connectivity index (χ0n) is 11.1. The van der Waals surface area contributed by atoms with Gasteiger partial charge in [-0.1, -0.05) is 25.1 Å². The average molecular weight is 274 g/mol. The van der Waals surface area contributed by atoms with Crippen LogP contribution in [-0.4, -0.2) is 17.6 Å². The van der Waals surface area contributed by atoms with E-state index in [2.05, 4.69) is 34.7 Å². The molecule has 1 aliphatic rings. The van der Waals surface area contributed by atoms with Crippen LogP contribution in [0.25, 0.3) is 0 Å². The zero-order valence-corrected chi connectivity index (χ0v) is 11.9. The molecule has 1 aliphatic heterocycles. The summed E-state index contributed by atoms with van der Waals surface area (Å²) in [6, 6.07) is 8.28. The molecule has 1 N–H and O–H groups in total. The van der Waals surface area contributed by atoms with Crippen LogP contribution in [0.3, 0.4) is 0 Å². The first-order valence-corrected chi connectivity index (χ1v) is 7.61. The van der Waals surface area contributed by atoms with Crippen molar-refractivity contribution < 1.29 is 4.74 Å². The van der Waals surface area contributed by atoms with Crippen molar-refractivity contribution in [1.29, 1.82) is 0 Å². The van der Waals surface area contributed by atoms with E-state index < -0.39 is 0 Å². The molecule has 0 bridgehead atoms. The number of aryl methyl sites for hydroxylation is 1. The Balaban J connectivity index is 1.47. The van der Waals surface area contributed by atoms with E-state index >= 15 is 0 Å². The Hall–Kier alpha value is -1.39. The van der Waals surface area contributed by atoms with Crippen LogP contribution in [0.15, 0.2) is 29.6 Å². The lowest BCUT2D eigenvalue weighted by molar-refractivity contribution is 0.227. The third kappa shape index (κ3) is 2.96. The number of rotatable bonds is 5. The first-order chi connectivity index (χ1) is 9.35. The van der Waals surface area contributed by atoms with Gasteiger partial charge in [0, 0.05) is 24.9 Å². The number of thiazole rings is 1. The second kappa shape index (κ2) is 5.72. The molecule has 0 radical (unpaired) electrons. The van der Waals surface area contributed by atoms with Gasteiger partial charge in [-0.15, -0.1) is 11.3 Å². The first-order valence-electron chi connectivity index (χ1n) is 6.73. The number of hydrogen-bond acceptors (Lipinski definition) is 4. The molecule has 0 spiro atoms. The van der Waals surface area contributed by atoms with Crippen molar-refractivity contribution in [3.8, 4) is 5.75 Å². The first kappa shape index (κ1) is 12.6. The number of aromatic nitrogens is 1. The van der Waals surface area contributed by atoms with Gasteiger partial charge in [-0.3, -0.25) is 0 Å². The lowest BCUT2D eigenvalue weighted by Gasteiger charge is -2.10. The minimum Gasteiger partial charge on any atom is -0.488 e. The van der Waals surface area contributed by atoms with Gasteiger partial charge in [-0.2, -0.15) is 0 Å². The standard InChI is InChI=1S/C15H18N2OS/c1-2-15-17-12(10-19-15)8-16-9-13-7-11-5-3-4-6-14(11)18-13/h3-6,10,13,16H,2,7-9H2,1H3. The molecular formula is C15H18N2OS. The van der Waals surface area contributed by atoms with E-state index in [-0.39, 0.29) is 6.10 Å². The number of nitrogens with one attached hydrogen (secondary N) is 1. The Kier molecular flexibility index (Phi) is 3.80. The molecule has 0 amide bonds. The van der Waals surface area contributed by atoms with Gasteiger partial charge >= 0.3 is 0 Å². The van der Waals surface area contributed by atoms with Crippen molar-refractivity contribution >= 4 is 11.3 Å². The number of benzene rings is 1. The lowest BCUT2D eigenvalue weighted by atomic mass is 10.1. The Morgan fingerprint density at radius 1 is 1.42 bits per heavy atom. The van der Waals surface area contributed by atoms with Crippen molar-refractivity contribution in [2.45, 2.75) is 32.4 Å². The van der Waals surface area contributed by atoms with Crippen LogP contribution in [0.5, 0.6) is 5.75 Å². The fourth-order valence-corrected chi connectivity index (χ4v) is 3.07. The van der Waals surface area contributed by atoms with Gasteiger partial charge in [-0.05, 0) is 18.1 Å². The van der Waals surface area contributed by atoms with E-state index in [1.165, 1.54) is 10.6 Å². The SMILES string of the molecule is CCc1nc(CNCC2Cc3ccccc3O2)cs1. The average Bonchev–Trinajstić information content (AvgIpc) is 3.04. The summed E-state index contributed by atoms with van der Waals surface area (Å²) in [7, 11) is 0. The zero-order chi connectivity index (χ0) is 13.1. The third-order valence-electron chi connectivity index (χ3n) is 3.29. The van der Waals surface area contributed by atoms with E-state index in [0.717, 1.165) is 37.4 Å². The molecule has 3 rings (SSSR count). The topological polar surface area (TPSA) is 34.2 Å². The summed E-state index contributed by atoms with van der Waals surface area (Å²) >= 11 is 1.74. The highest BCUT2D eigenvalue weighted by Gasteiger charge is 2.21. The summed E-state index contributed by atoms with van der Waals surface area (Å²) in [5, 5.41) is 6.78. The smallest absolute Gasteiger partial charge is 0.123 e. The number of fused-ring (bicyclic) bond motifs is 1. The molecular weight excluding hydrogens is 256 g/mol. The van der Waals surface area contributed by atoms with E-state index in [0.29, 0.717) is 0 Å². The quantitative estimate of drug-likeness (QED) is 0.910. The fourth-order valence-electron chi connectivity index (χ4n) is 2.32. The lowest BCUT2D eigenvalue weighted by Crippen LogP contribution is -2.29. The molecule has 1 atom stereocenters. The molecule has 3 nitrogen and oxygen atoms in total.